The number of fused-ring (bicyclic) bond motifs is 2. The highest BCUT2D eigenvalue weighted by atomic mass is 16.2. The first-order valence-electron chi connectivity index (χ1n) is 7.33. The highest BCUT2D eigenvalue weighted by molar-refractivity contribution is 6.22. The van der Waals surface area contributed by atoms with Crippen molar-refractivity contribution in [1.29, 1.82) is 0 Å². The largest absolute Gasteiger partial charge is 0.324 e. The normalized spacial score (nSPS) is 13.4. The number of nitrogens with zero attached hydrogens (tertiary/aromatic N) is 2. The summed E-state index contributed by atoms with van der Waals surface area (Å²) in [6, 6.07) is 13.9. The third-order valence-electron chi connectivity index (χ3n) is 3.83. The molecular weight excluding hydrogens is 308 g/mol. The molecule has 1 aliphatic heterocycles. The van der Waals surface area contributed by atoms with Gasteiger partial charge in [0.15, 0.2) is 0 Å². The Morgan fingerprint density at radius 2 is 1.62 bits per heavy atom. The lowest BCUT2D eigenvalue weighted by Crippen LogP contribution is -2.37. The van der Waals surface area contributed by atoms with Gasteiger partial charge in [0.2, 0.25) is 11.9 Å². The average molecular weight is 320 g/mol. The van der Waals surface area contributed by atoms with Crippen LogP contribution in [0.5, 0.6) is 0 Å². The molecule has 0 radical (unpaired) electrons. The number of hydrogen-bond donors (Lipinski definition) is 2. The standard InChI is InChI=1S/C17H12N4O3/c22-14(20-17-18-12-7-3-4-8-13(12)19-17)9-21-15(23)10-5-1-2-6-11(10)16(21)24/h1-8H,9H2,(H2,18,19,20,22). The van der Waals surface area contributed by atoms with E-state index in [1.807, 2.05) is 24.3 Å². The third kappa shape index (κ3) is 2.23. The van der Waals surface area contributed by atoms with E-state index < -0.39 is 17.7 Å². The van der Waals surface area contributed by atoms with Crippen LogP contribution in [0.1, 0.15) is 20.7 Å². The summed E-state index contributed by atoms with van der Waals surface area (Å²) < 4.78 is 0. The Hall–Kier alpha value is -3.48. The molecule has 3 amide bonds. The second-order valence-electron chi connectivity index (χ2n) is 5.39. The molecule has 2 aromatic carbocycles. The summed E-state index contributed by atoms with van der Waals surface area (Å²) in [5.74, 6) is -1.15. The molecule has 0 aliphatic carbocycles. The maximum atomic E-state index is 12.2. The van der Waals surface area contributed by atoms with E-state index >= 15 is 0 Å². The Morgan fingerprint density at radius 1 is 1.00 bits per heavy atom. The molecular formula is C17H12N4O3. The van der Waals surface area contributed by atoms with Crippen LogP contribution in [0.4, 0.5) is 5.95 Å². The molecule has 0 atom stereocenters. The van der Waals surface area contributed by atoms with Crippen LogP contribution in [0.3, 0.4) is 0 Å². The van der Waals surface area contributed by atoms with Crippen molar-refractivity contribution in [3.63, 3.8) is 0 Å². The predicted molar refractivity (Wildman–Crippen MR) is 86.5 cm³/mol. The SMILES string of the molecule is O=C(CN1C(=O)c2ccccc2C1=O)Nc1nc2ccccc2[nH]1. The number of hydrogen-bond acceptors (Lipinski definition) is 4. The summed E-state index contributed by atoms with van der Waals surface area (Å²) in [4.78, 5) is 44.8. The molecule has 1 aromatic heterocycles. The lowest BCUT2D eigenvalue weighted by molar-refractivity contribution is -0.116. The van der Waals surface area contributed by atoms with Gasteiger partial charge in [-0.15, -0.1) is 0 Å². The number of aromatic amines is 1. The molecule has 0 saturated heterocycles. The zero-order chi connectivity index (χ0) is 16.7. The molecule has 118 valence electrons. The highest BCUT2D eigenvalue weighted by Gasteiger charge is 2.36. The number of para-hydroxylation sites is 2. The van der Waals surface area contributed by atoms with Crippen molar-refractivity contribution in [2.75, 3.05) is 11.9 Å². The molecule has 0 unspecified atom stereocenters. The Morgan fingerprint density at radius 3 is 2.29 bits per heavy atom. The van der Waals surface area contributed by atoms with E-state index in [0.29, 0.717) is 16.6 Å². The second-order valence-corrected chi connectivity index (χ2v) is 5.39. The van der Waals surface area contributed by atoms with Crippen LogP contribution in [0, 0.1) is 0 Å². The number of rotatable bonds is 3. The van der Waals surface area contributed by atoms with Gasteiger partial charge in [-0.3, -0.25) is 24.6 Å². The second kappa shape index (κ2) is 5.31. The number of nitrogens with one attached hydrogen (secondary N) is 2. The Labute approximate surface area is 136 Å². The molecule has 0 saturated carbocycles. The van der Waals surface area contributed by atoms with Crippen molar-refractivity contribution in [2.45, 2.75) is 0 Å². The van der Waals surface area contributed by atoms with Crippen LogP contribution in [0.15, 0.2) is 48.5 Å². The van der Waals surface area contributed by atoms with E-state index in [0.717, 1.165) is 10.4 Å². The zero-order valence-corrected chi connectivity index (χ0v) is 12.4. The fraction of sp³-hybridized carbons (Fsp3) is 0.0588. The molecule has 0 bridgehead atoms. The first-order valence-corrected chi connectivity index (χ1v) is 7.33. The topological polar surface area (TPSA) is 95.2 Å². The van der Waals surface area contributed by atoms with Gasteiger partial charge in [-0.25, -0.2) is 4.98 Å². The number of H-pyrrole nitrogens is 1. The smallest absolute Gasteiger partial charge is 0.262 e. The van der Waals surface area contributed by atoms with Gasteiger partial charge >= 0.3 is 0 Å². The average Bonchev–Trinajstić information content (AvgIpc) is 3.09. The molecule has 0 fully saturated rings. The van der Waals surface area contributed by atoms with Crippen LogP contribution in [0.2, 0.25) is 0 Å². The number of amides is 3. The number of imidazole rings is 1. The lowest BCUT2D eigenvalue weighted by atomic mass is 10.1. The molecule has 24 heavy (non-hydrogen) atoms. The van der Waals surface area contributed by atoms with Gasteiger partial charge in [0.25, 0.3) is 11.8 Å². The van der Waals surface area contributed by atoms with Gasteiger partial charge in [-0.1, -0.05) is 24.3 Å². The summed E-state index contributed by atoms with van der Waals surface area (Å²) in [7, 11) is 0. The first-order chi connectivity index (χ1) is 11.6. The van der Waals surface area contributed by atoms with E-state index in [2.05, 4.69) is 15.3 Å². The lowest BCUT2D eigenvalue weighted by Gasteiger charge is -2.12. The van der Waals surface area contributed by atoms with Crippen LogP contribution >= 0.6 is 0 Å². The number of imide groups is 1. The number of benzene rings is 2. The molecule has 7 heteroatoms. The van der Waals surface area contributed by atoms with Crippen molar-refractivity contribution in [1.82, 2.24) is 14.9 Å². The Kier molecular flexibility index (Phi) is 3.13. The Balaban J connectivity index is 1.51. The van der Waals surface area contributed by atoms with Crippen molar-refractivity contribution < 1.29 is 14.4 Å². The quantitative estimate of drug-likeness (QED) is 0.719. The number of aromatic nitrogens is 2. The summed E-state index contributed by atoms with van der Waals surface area (Å²) in [5, 5.41) is 2.57. The van der Waals surface area contributed by atoms with Gasteiger partial charge in [-0.05, 0) is 24.3 Å². The van der Waals surface area contributed by atoms with Crippen LogP contribution < -0.4 is 5.32 Å². The zero-order valence-electron chi connectivity index (χ0n) is 12.4. The molecule has 0 spiro atoms. The van der Waals surface area contributed by atoms with E-state index in [4.69, 9.17) is 0 Å². The monoisotopic (exact) mass is 320 g/mol. The molecule has 2 heterocycles. The molecule has 4 rings (SSSR count). The van der Waals surface area contributed by atoms with Gasteiger partial charge in [0.05, 0.1) is 22.2 Å². The molecule has 1 aliphatic rings. The minimum atomic E-state index is -0.497. The fourth-order valence-electron chi connectivity index (χ4n) is 2.71. The predicted octanol–water partition coefficient (Wildman–Crippen LogP) is 1.80. The summed E-state index contributed by atoms with van der Waals surface area (Å²) in [6.45, 7) is -0.358. The first kappa shape index (κ1) is 14.1. The highest BCUT2D eigenvalue weighted by Crippen LogP contribution is 2.22. The molecule has 3 aromatic rings. The van der Waals surface area contributed by atoms with Gasteiger partial charge in [-0.2, -0.15) is 0 Å². The van der Waals surface area contributed by atoms with Crippen molar-refractivity contribution in [3.8, 4) is 0 Å². The summed E-state index contributed by atoms with van der Waals surface area (Å²) >= 11 is 0. The maximum Gasteiger partial charge on any atom is 0.262 e. The van der Waals surface area contributed by atoms with Crippen molar-refractivity contribution in [2.24, 2.45) is 0 Å². The minimum absolute atomic E-state index is 0.276. The van der Waals surface area contributed by atoms with Crippen LogP contribution in [0.25, 0.3) is 11.0 Å². The summed E-state index contributed by atoms with van der Waals surface area (Å²) in [5.41, 5.74) is 2.14. The number of anilines is 1. The van der Waals surface area contributed by atoms with Crippen LogP contribution in [-0.4, -0.2) is 39.1 Å². The Bertz CT molecular complexity index is 924. The molecule has 2 N–H and O–H groups in total. The van der Waals surface area contributed by atoms with E-state index in [1.54, 1.807) is 24.3 Å². The van der Waals surface area contributed by atoms with E-state index in [1.165, 1.54) is 0 Å². The fourth-order valence-corrected chi connectivity index (χ4v) is 2.71. The third-order valence-corrected chi connectivity index (χ3v) is 3.83. The van der Waals surface area contributed by atoms with Crippen LogP contribution in [-0.2, 0) is 4.79 Å². The van der Waals surface area contributed by atoms with Crippen molar-refractivity contribution >= 4 is 34.7 Å². The summed E-state index contributed by atoms with van der Waals surface area (Å²) in [6.07, 6.45) is 0. The van der Waals surface area contributed by atoms with Gasteiger partial charge in [0, 0.05) is 0 Å². The van der Waals surface area contributed by atoms with E-state index in [9.17, 15) is 14.4 Å². The number of carbonyl (C=O) groups is 3. The van der Waals surface area contributed by atoms with Gasteiger partial charge < -0.3 is 4.98 Å². The van der Waals surface area contributed by atoms with Gasteiger partial charge in [0.1, 0.15) is 6.54 Å². The number of carbonyl (C=O) groups excluding carboxylic acids is 3. The van der Waals surface area contributed by atoms with E-state index in [-0.39, 0.29) is 12.5 Å². The minimum Gasteiger partial charge on any atom is -0.324 e. The molecule has 7 nitrogen and oxygen atoms in total. The maximum absolute atomic E-state index is 12.2. The van der Waals surface area contributed by atoms with Crippen molar-refractivity contribution in [3.05, 3.63) is 59.7 Å².